The molecule has 0 rings (SSSR count). The van der Waals surface area contributed by atoms with Crippen LogP contribution in [0, 0.1) is 0 Å². The van der Waals surface area contributed by atoms with Crippen molar-refractivity contribution in [2.45, 2.75) is 418 Å². The first-order valence-electron chi connectivity index (χ1n) is 35.4. The van der Waals surface area contributed by atoms with Crippen LogP contribution in [-0.4, -0.2) is 47.4 Å². The second-order valence-corrected chi connectivity index (χ2v) is 24.6. The predicted octanol–water partition coefficient (Wildman–Crippen LogP) is 22.8. The molecule has 0 aromatic heterocycles. The largest absolute Gasteiger partial charge is 0.466 e. The number of unbranched alkanes of at least 4 members (excludes halogenated alkanes) is 54. The lowest BCUT2D eigenvalue weighted by Gasteiger charge is -2.22. The highest BCUT2D eigenvalue weighted by Crippen LogP contribution is 2.19. The van der Waals surface area contributed by atoms with E-state index in [4.69, 9.17) is 4.74 Å². The highest BCUT2D eigenvalue weighted by Gasteiger charge is 2.20. The molecule has 0 saturated carbocycles. The van der Waals surface area contributed by atoms with Crippen LogP contribution in [0.1, 0.15) is 406 Å². The van der Waals surface area contributed by atoms with Crippen LogP contribution in [0.3, 0.4) is 0 Å². The summed E-state index contributed by atoms with van der Waals surface area (Å²) < 4.78 is 5.48. The van der Waals surface area contributed by atoms with Gasteiger partial charge in [-0.15, -0.1) is 0 Å². The maximum absolute atomic E-state index is 12.5. The van der Waals surface area contributed by atoms with Gasteiger partial charge in [-0.3, -0.25) is 9.59 Å². The van der Waals surface area contributed by atoms with Crippen molar-refractivity contribution in [3.63, 3.8) is 0 Å². The van der Waals surface area contributed by atoms with E-state index >= 15 is 0 Å². The van der Waals surface area contributed by atoms with Gasteiger partial charge in [-0.1, -0.05) is 353 Å². The molecule has 458 valence electrons. The van der Waals surface area contributed by atoms with Crippen molar-refractivity contribution in [1.82, 2.24) is 5.32 Å². The number of ether oxygens (including phenoxy) is 1. The highest BCUT2D eigenvalue weighted by atomic mass is 16.5. The van der Waals surface area contributed by atoms with Gasteiger partial charge < -0.3 is 20.3 Å². The number of carbonyl (C=O) groups is 2. The third-order valence-corrected chi connectivity index (χ3v) is 16.8. The Bertz CT molecular complexity index is 1160. The lowest BCUT2D eigenvalue weighted by molar-refractivity contribution is -0.143. The van der Waals surface area contributed by atoms with Crippen LogP contribution in [0.15, 0.2) is 12.2 Å². The molecule has 0 aliphatic heterocycles. The van der Waals surface area contributed by atoms with Crippen LogP contribution in [-0.2, 0) is 14.3 Å². The molecule has 0 aromatic rings. The normalized spacial score (nSPS) is 12.5. The molecule has 0 radical (unpaired) electrons. The van der Waals surface area contributed by atoms with E-state index in [0.717, 1.165) is 44.9 Å². The third-order valence-electron chi connectivity index (χ3n) is 16.8. The smallest absolute Gasteiger partial charge is 0.305 e. The first-order valence-corrected chi connectivity index (χ1v) is 35.4. The van der Waals surface area contributed by atoms with Crippen LogP contribution in [0.2, 0.25) is 0 Å². The highest BCUT2D eigenvalue weighted by molar-refractivity contribution is 5.76. The number of nitrogens with one attached hydrogen (secondary N) is 1. The summed E-state index contributed by atoms with van der Waals surface area (Å²) in [6.07, 6.45) is 82.8. The van der Waals surface area contributed by atoms with Crippen molar-refractivity contribution >= 4 is 11.9 Å². The quantitative estimate of drug-likeness (QED) is 0.0320. The van der Waals surface area contributed by atoms with E-state index < -0.39 is 12.1 Å². The SMILES string of the molecule is CCCCCC/C=C\CCCCCCCC(=O)OCCCCCCCCCCCCCCCCCCCCCCCCCCCCCCCCCCCCCC(=O)NC(CO)C(O)CCCCCCCCCCCCCC. The molecule has 0 heterocycles. The summed E-state index contributed by atoms with van der Waals surface area (Å²) in [5.74, 6) is -0.0138. The van der Waals surface area contributed by atoms with Crippen molar-refractivity contribution < 1.29 is 24.5 Å². The van der Waals surface area contributed by atoms with Crippen LogP contribution in [0.4, 0.5) is 0 Å². The molecule has 77 heavy (non-hydrogen) atoms. The average molecular weight is 1090 g/mol. The second kappa shape index (κ2) is 67.1. The zero-order valence-corrected chi connectivity index (χ0v) is 52.5. The van der Waals surface area contributed by atoms with Crippen LogP contribution in [0.25, 0.3) is 0 Å². The molecule has 2 unspecified atom stereocenters. The number of aliphatic hydroxyl groups is 2. The van der Waals surface area contributed by atoms with E-state index in [1.165, 1.54) is 327 Å². The van der Waals surface area contributed by atoms with E-state index in [1.807, 2.05) is 0 Å². The van der Waals surface area contributed by atoms with Gasteiger partial charge in [0, 0.05) is 12.8 Å². The van der Waals surface area contributed by atoms with E-state index in [0.29, 0.717) is 25.9 Å². The summed E-state index contributed by atoms with van der Waals surface area (Å²) in [5, 5.41) is 23.3. The number of allylic oxidation sites excluding steroid dienone is 2. The lowest BCUT2D eigenvalue weighted by atomic mass is 10.0. The van der Waals surface area contributed by atoms with Crippen LogP contribution in [0.5, 0.6) is 0 Å². The molecule has 0 aromatic carbocycles. The van der Waals surface area contributed by atoms with E-state index in [-0.39, 0.29) is 18.5 Å². The summed E-state index contributed by atoms with van der Waals surface area (Å²) in [6, 6.07) is -0.535. The molecule has 1 amide bonds. The lowest BCUT2D eigenvalue weighted by Crippen LogP contribution is -2.45. The third kappa shape index (κ3) is 63.6. The number of aliphatic hydroxyl groups excluding tert-OH is 2. The Labute approximate surface area is 482 Å². The summed E-state index contributed by atoms with van der Waals surface area (Å²) >= 11 is 0. The Morgan fingerprint density at radius 1 is 0.351 bits per heavy atom. The number of carbonyl (C=O) groups excluding carboxylic acids is 2. The Hall–Kier alpha value is -1.40. The summed E-state index contributed by atoms with van der Waals surface area (Å²) in [5.41, 5.74) is 0. The molecule has 2 atom stereocenters. The van der Waals surface area contributed by atoms with Gasteiger partial charge in [0.05, 0.1) is 25.4 Å². The van der Waals surface area contributed by atoms with E-state index in [2.05, 4.69) is 31.3 Å². The Kier molecular flexibility index (Phi) is 65.9. The minimum Gasteiger partial charge on any atom is -0.466 e. The van der Waals surface area contributed by atoms with Crippen molar-refractivity contribution in [1.29, 1.82) is 0 Å². The molecule has 0 aliphatic rings. The first-order chi connectivity index (χ1) is 38.0. The monoisotopic (exact) mass is 1090 g/mol. The minimum atomic E-state index is -0.658. The zero-order valence-electron chi connectivity index (χ0n) is 52.5. The topological polar surface area (TPSA) is 95.9 Å². The summed E-state index contributed by atoms with van der Waals surface area (Å²) in [7, 11) is 0. The van der Waals surface area contributed by atoms with Crippen molar-refractivity contribution in [2.75, 3.05) is 13.2 Å². The van der Waals surface area contributed by atoms with Crippen molar-refractivity contribution in [3.8, 4) is 0 Å². The zero-order chi connectivity index (χ0) is 55.7. The maximum Gasteiger partial charge on any atom is 0.305 e. The standard InChI is InChI=1S/C71H139NO5/c1-3-5-7-9-11-13-15-40-45-49-53-57-61-65-71(76)77-66-62-58-54-50-46-42-39-37-35-33-31-29-27-25-23-21-19-17-18-20-22-24-26-28-30-32-34-36-38-41-44-48-52-56-60-64-70(75)72-68(67-73)69(74)63-59-55-51-47-43-16-14-12-10-8-6-4-2/h13,15,68-69,73-74H,3-12,14,16-67H2,1-2H3,(H,72,75)/b15-13-. The number of amides is 1. The van der Waals surface area contributed by atoms with Gasteiger partial charge in [-0.2, -0.15) is 0 Å². The molecule has 0 aliphatic carbocycles. The Balaban J connectivity index is 3.28. The average Bonchev–Trinajstić information content (AvgIpc) is 3.43. The Morgan fingerprint density at radius 3 is 0.935 bits per heavy atom. The van der Waals surface area contributed by atoms with Crippen LogP contribution < -0.4 is 5.32 Å². The number of rotatable bonds is 67. The van der Waals surface area contributed by atoms with E-state index in [9.17, 15) is 19.8 Å². The number of hydrogen-bond donors (Lipinski definition) is 3. The fourth-order valence-electron chi connectivity index (χ4n) is 11.4. The first kappa shape index (κ1) is 75.6. The van der Waals surface area contributed by atoms with Gasteiger partial charge in [-0.25, -0.2) is 0 Å². The van der Waals surface area contributed by atoms with Gasteiger partial charge in [0.1, 0.15) is 0 Å². The molecule has 0 bridgehead atoms. The molecule has 6 heteroatoms. The molecular weight excluding hydrogens is 947 g/mol. The second-order valence-electron chi connectivity index (χ2n) is 24.6. The Morgan fingerprint density at radius 2 is 0.610 bits per heavy atom. The number of esters is 1. The van der Waals surface area contributed by atoms with E-state index in [1.54, 1.807) is 0 Å². The minimum absolute atomic E-state index is 0.0140. The van der Waals surface area contributed by atoms with Gasteiger partial charge in [0.25, 0.3) is 0 Å². The molecule has 3 N–H and O–H groups in total. The van der Waals surface area contributed by atoms with Gasteiger partial charge >= 0.3 is 5.97 Å². The fraction of sp³-hybridized carbons (Fsp3) is 0.944. The molecule has 0 spiro atoms. The fourth-order valence-corrected chi connectivity index (χ4v) is 11.4. The summed E-state index contributed by atoms with van der Waals surface area (Å²) in [6.45, 7) is 4.96. The molecule has 0 saturated heterocycles. The molecule has 6 nitrogen and oxygen atoms in total. The molecule has 0 fully saturated rings. The van der Waals surface area contributed by atoms with Crippen molar-refractivity contribution in [3.05, 3.63) is 12.2 Å². The van der Waals surface area contributed by atoms with Gasteiger partial charge in [0.15, 0.2) is 0 Å². The van der Waals surface area contributed by atoms with Gasteiger partial charge in [-0.05, 0) is 51.4 Å². The van der Waals surface area contributed by atoms with Crippen molar-refractivity contribution in [2.24, 2.45) is 0 Å². The molecular formula is C71H139NO5. The number of hydrogen-bond acceptors (Lipinski definition) is 5. The van der Waals surface area contributed by atoms with Crippen LogP contribution >= 0.6 is 0 Å². The van der Waals surface area contributed by atoms with Gasteiger partial charge in [0.2, 0.25) is 5.91 Å². The maximum atomic E-state index is 12.5. The predicted molar refractivity (Wildman–Crippen MR) is 338 cm³/mol. The summed E-state index contributed by atoms with van der Waals surface area (Å²) in [4.78, 5) is 24.5.